The van der Waals surface area contributed by atoms with Crippen LogP contribution in [0.3, 0.4) is 0 Å². The van der Waals surface area contributed by atoms with Crippen LogP contribution in [-0.4, -0.2) is 17.4 Å². The number of carbonyl (C=O) groups is 1. The maximum Gasteiger partial charge on any atom is 0.287 e. The van der Waals surface area contributed by atoms with Crippen LogP contribution in [0.4, 0.5) is 5.69 Å². The van der Waals surface area contributed by atoms with Gasteiger partial charge < -0.3 is 5.32 Å². The molecular formula is C15H19ClN2O3. The number of hydrogen-bond acceptors (Lipinski definition) is 3. The lowest BCUT2D eigenvalue weighted by Gasteiger charge is -2.09. The Bertz CT molecular complexity index is 528. The van der Waals surface area contributed by atoms with Crippen LogP contribution < -0.4 is 5.32 Å². The van der Waals surface area contributed by atoms with E-state index in [0.717, 1.165) is 18.8 Å². The lowest BCUT2D eigenvalue weighted by molar-refractivity contribution is -0.384. The normalized spacial score (nSPS) is 15.1. The zero-order chi connectivity index (χ0) is 15.2. The molecule has 0 aliphatic heterocycles. The molecule has 0 spiro atoms. The molecule has 1 saturated carbocycles. The Kier molecular flexibility index (Phi) is 5.56. The van der Waals surface area contributed by atoms with E-state index in [1.54, 1.807) is 0 Å². The minimum Gasteiger partial charge on any atom is -0.352 e. The zero-order valence-electron chi connectivity index (χ0n) is 11.8. The van der Waals surface area contributed by atoms with Gasteiger partial charge in [0.2, 0.25) is 0 Å². The van der Waals surface area contributed by atoms with Gasteiger partial charge in [-0.3, -0.25) is 14.9 Å². The Morgan fingerprint density at radius 2 is 2.10 bits per heavy atom. The molecule has 0 aromatic heterocycles. The van der Waals surface area contributed by atoms with E-state index in [1.165, 1.54) is 43.9 Å². The van der Waals surface area contributed by atoms with Gasteiger partial charge in [0.15, 0.2) is 0 Å². The second kappa shape index (κ2) is 7.41. The first-order valence-electron chi connectivity index (χ1n) is 7.30. The van der Waals surface area contributed by atoms with Crippen molar-refractivity contribution in [2.24, 2.45) is 5.92 Å². The summed E-state index contributed by atoms with van der Waals surface area (Å²) in [5.74, 6) is 0.578. The first-order valence-corrected chi connectivity index (χ1v) is 7.68. The highest BCUT2D eigenvalue weighted by Crippen LogP contribution is 2.28. The summed E-state index contributed by atoms with van der Waals surface area (Å²) in [5.41, 5.74) is 0.168. The number of nitrogens with zero attached hydrogens (tertiary/aromatic N) is 1. The summed E-state index contributed by atoms with van der Waals surface area (Å²) in [6.07, 6.45) is 7.41. The monoisotopic (exact) mass is 310 g/mol. The number of benzene rings is 1. The third kappa shape index (κ3) is 4.43. The molecule has 1 aliphatic rings. The second-order valence-electron chi connectivity index (χ2n) is 5.47. The Morgan fingerprint density at radius 3 is 2.71 bits per heavy atom. The number of hydrogen-bond donors (Lipinski definition) is 1. The molecule has 0 radical (unpaired) electrons. The Morgan fingerprint density at radius 1 is 1.38 bits per heavy atom. The molecule has 6 heteroatoms. The summed E-state index contributed by atoms with van der Waals surface area (Å²) < 4.78 is 0. The molecule has 1 N–H and O–H groups in total. The van der Waals surface area contributed by atoms with Gasteiger partial charge in [0, 0.05) is 18.2 Å². The van der Waals surface area contributed by atoms with Crippen LogP contribution in [0, 0.1) is 16.0 Å². The Labute approximate surface area is 128 Å². The predicted molar refractivity (Wildman–Crippen MR) is 81.6 cm³/mol. The second-order valence-corrected chi connectivity index (χ2v) is 5.88. The summed E-state index contributed by atoms with van der Waals surface area (Å²) in [7, 11) is 0. The van der Waals surface area contributed by atoms with Crippen LogP contribution >= 0.6 is 11.6 Å². The minimum atomic E-state index is -0.564. The van der Waals surface area contributed by atoms with Gasteiger partial charge >= 0.3 is 0 Å². The first-order chi connectivity index (χ1) is 10.1. The molecule has 114 valence electrons. The quantitative estimate of drug-likeness (QED) is 0.491. The van der Waals surface area contributed by atoms with Gasteiger partial charge in [0.1, 0.15) is 5.02 Å². The van der Waals surface area contributed by atoms with Crippen molar-refractivity contribution in [3.05, 3.63) is 38.9 Å². The molecule has 1 fully saturated rings. The summed E-state index contributed by atoms with van der Waals surface area (Å²) in [6, 6.07) is 4.03. The molecule has 5 nitrogen and oxygen atoms in total. The van der Waals surface area contributed by atoms with Crippen LogP contribution in [0.15, 0.2) is 18.2 Å². The molecule has 1 aromatic rings. The summed E-state index contributed by atoms with van der Waals surface area (Å²) >= 11 is 5.79. The first kappa shape index (κ1) is 15.8. The van der Waals surface area contributed by atoms with Gasteiger partial charge in [-0.05, 0) is 30.9 Å². The minimum absolute atomic E-state index is 0.0152. The fourth-order valence-corrected chi connectivity index (χ4v) is 3.04. The summed E-state index contributed by atoms with van der Waals surface area (Å²) in [4.78, 5) is 22.0. The zero-order valence-corrected chi connectivity index (χ0v) is 12.6. The average Bonchev–Trinajstić information content (AvgIpc) is 2.96. The largest absolute Gasteiger partial charge is 0.352 e. The number of rotatable bonds is 6. The van der Waals surface area contributed by atoms with Gasteiger partial charge in [-0.25, -0.2) is 0 Å². The van der Waals surface area contributed by atoms with Crippen molar-refractivity contribution in [1.29, 1.82) is 0 Å². The van der Waals surface area contributed by atoms with E-state index in [-0.39, 0.29) is 16.6 Å². The Balaban J connectivity index is 1.80. The van der Waals surface area contributed by atoms with E-state index in [9.17, 15) is 14.9 Å². The molecular weight excluding hydrogens is 292 g/mol. The number of amides is 1. The third-order valence-corrected chi connectivity index (χ3v) is 4.26. The molecule has 0 heterocycles. The number of nitro groups is 1. The van der Waals surface area contributed by atoms with Crippen molar-refractivity contribution in [2.75, 3.05) is 6.54 Å². The third-order valence-electron chi connectivity index (χ3n) is 3.96. The van der Waals surface area contributed by atoms with E-state index in [1.807, 2.05) is 0 Å². The number of nitro benzene ring substituents is 1. The van der Waals surface area contributed by atoms with E-state index in [2.05, 4.69) is 5.32 Å². The molecule has 1 aliphatic carbocycles. The fraction of sp³-hybridized carbons (Fsp3) is 0.533. The molecule has 2 rings (SSSR count). The molecule has 0 bridgehead atoms. The van der Waals surface area contributed by atoms with Crippen LogP contribution in [-0.2, 0) is 0 Å². The lowest BCUT2D eigenvalue weighted by atomic mass is 10.0. The van der Waals surface area contributed by atoms with Gasteiger partial charge in [0.25, 0.3) is 11.6 Å². The standard InChI is InChI=1S/C15H19ClN2O3/c16-13-10-12(7-8-14(13)18(20)21)15(19)17-9-3-6-11-4-1-2-5-11/h7-8,10-11H,1-6,9H2,(H,17,19). The smallest absolute Gasteiger partial charge is 0.287 e. The SMILES string of the molecule is O=C(NCCCC1CCCC1)c1ccc([N+](=O)[O-])c(Cl)c1. The topological polar surface area (TPSA) is 72.2 Å². The van der Waals surface area contributed by atoms with Crippen molar-refractivity contribution in [3.63, 3.8) is 0 Å². The number of carbonyl (C=O) groups excluding carboxylic acids is 1. The summed E-state index contributed by atoms with van der Waals surface area (Å²) in [5, 5.41) is 13.5. The van der Waals surface area contributed by atoms with Crippen molar-refractivity contribution in [3.8, 4) is 0 Å². The van der Waals surface area contributed by atoms with Gasteiger partial charge in [0.05, 0.1) is 4.92 Å². The maximum absolute atomic E-state index is 11.9. The van der Waals surface area contributed by atoms with Gasteiger partial charge in [-0.15, -0.1) is 0 Å². The summed E-state index contributed by atoms with van der Waals surface area (Å²) in [6.45, 7) is 0.629. The van der Waals surface area contributed by atoms with Crippen molar-refractivity contribution < 1.29 is 9.72 Å². The van der Waals surface area contributed by atoms with E-state index in [0.29, 0.717) is 12.1 Å². The van der Waals surface area contributed by atoms with Gasteiger partial charge in [-0.1, -0.05) is 37.3 Å². The number of nitrogens with one attached hydrogen (secondary N) is 1. The highest BCUT2D eigenvalue weighted by molar-refractivity contribution is 6.33. The molecule has 0 atom stereocenters. The highest BCUT2D eigenvalue weighted by Gasteiger charge is 2.16. The Hall–Kier alpha value is -1.62. The van der Waals surface area contributed by atoms with E-state index in [4.69, 9.17) is 11.6 Å². The molecule has 21 heavy (non-hydrogen) atoms. The maximum atomic E-state index is 11.9. The van der Waals surface area contributed by atoms with Crippen molar-refractivity contribution in [1.82, 2.24) is 5.32 Å². The van der Waals surface area contributed by atoms with E-state index < -0.39 is 4.92 Å². The molecule has 0 saturated heterocycles. The van der Waals surface area contributed by atoms with Gasteiger partial charge in [-0.2, -0.15) is 0 Å². The van der Waals surface area contributed by atoms with Crippen molar-refractivity contribution >= 4 is 23.2 Å². The van der Waals surface area contributed by atoms with Crippen LogP contribution in [0.1, 0.15) is 48.9 Å². The lowest BCUT2D eigenvalue weighted by Crippen LogP contribution is -2.24. The molecule has 0 unspecified atom stereocenters. The predicted octanol–water partition coefficient (Wildman–Crippen LogP) is 3.95. The van der Waals surface area contributed by atoms with Crippen LogP contribution in [0.5, 0.6) is 0 Å². The number of halogens is 1. The fourth-order valence-electron chi connectivity index (χ4n) is 2.79. The van der Waals surface area contributed by atoms with Crippen LogP contribution in [0.2, 0.25) is 5.02 Å². The van der Waals surface area contributed by atoms with Crippen molar-refractivity contribution in [2.45, 2.75) is 38.5 Å². The average molecular weight is 311 g/mol. The molecule has 1 amide bonds. The highest BCUT2D eigenvalue weighted by atomic mass is 35.5. The van der Waals surface area contributed by atoms with E-state index >= 15 is 0 Å². The van der Waals surface area contributed by atoms with Crippen LogP contribution in [0.25, 0.3) is 0 Å². The molecule has 1 aromatic carbocycles.